The predicted octanol–water partition coefficient (Wildman–Crippen LogP) is 3.49. The second kappa shape index (κ2) is 8.37. The number of aliphatic hydroxyl groups is 1. The summed E-state index contributed by atoms with van der Waals surface area (Å²) in [5.74, 6) is -0.00956. The maximum atomic E-state index is 13.1. The monoisotopic (exact) mass is 447 g/mol. The van der Waals surface area contributed by atoms with Gasteiger partial charge in [0.2, 0.25) is 5.91 Å². The number of benzene rings is 2. The summed E-state index contributed by atoms with van der Waals surface area (Å²) in [5.41, 5.74) is 9.60. The molecule has 3 amide bonds. The Morgan fingerprint density at radius 2 is 1.85 bits per heavy atom. The van der Waals surface area contributed by atoms with Gasteiger partial charge in [-0.2, -0.15) is 5.10 Å². The van der Waals surface area contributed by atoms with E-state index < -0.39 is 24.1 Å². The molecule has 5 N–H and O–H groups in total. The van der Waals surface area contributed by atoms with E-state index in [4.69, 9.17) is 5.73 Å². The van der Waals surface area contributed by atoms with Crippen molar-refractivity contribution in [3.8, 4) is 5.69 Å². The van der Waals surface area contributed by atoms with Crippen LogP contribution in [0.2, 0.25) is 0 Å². The average Bonchev–Trinajstić information content (AvgIpc) is 3.05. The zero-order chi connectivity index (χ0) is 23.9. The van der Waals surface area contributed by atoms with Crippen LogP contribution in [-0.4, -0.2) is 32.9 Å². The molecule has 1 aliphatic carbocycles. The van der Waals surface area contributed by atoms with E-state index in [1.807, 2.05) is 64.1 Å². The van der Waals surface area contributed by atoms with Gasteiger partial charge in [-0.3, -0.25) is 10.1 Å². The first-order valence-corrected chi connectivity index (χ1v) is 10.9. The number of rotatable bonds is 4. The van der Waals surface area contributed by atoms with Gasteiger partial charge >= 0.3 is 6.03 Å². The summed E-state index contributed by atoms with van der Waals surface area (Å²) in [4.78, 5) is 24.9. The van der Waals surface area contributed by atoms with Crippen LogP contribution in [-0.2, 0) is 5.41 Å². The number of fused-ring (bicyclic) bond motifs is 1. The Bertz CT molecular complexity index is 1220. The lowest BCUT2D eigenvalue weighted by Gasteiger charge is -2.40. The Labute approximate surface area is 192 Å². The van der Waals surface area contributed by atoms with Gasteiger partial charge in [-0.15, -0.1) is 0 Å². The first-order valence-electron chi connectivity index (χ1n) is 10.9. The van der Waals surface area contributed by atoms with Gasteiger partial charge in [0.05, 0.1) is 23.5 Å². The van der Waals surface area contributed by atoms with Gasteiger partial charge in [-0.1, -0.05) is 38.1 Å². The molecule has 172 valence electrons. The number of aryl methyl sites for hydroxylation is 1. The normalized spacial score (nSPS) is 18.9. The highest BCUT2D eigenvalue weighted by Crippen LogP contribution is 2.42. The van der Waals surface area contributed by atoms with Crippen LogP contribution in [0.1, 0.15) is 59.1 Å². The minimum atomic E-state index is -0.830. The zero-order valence-corrected chi connectivity index (χ0v) is 19.2. The van der Waals surface area contributed by atoms with Crippen molar-refractivity contribution in [2.75, 3.05) is 5.32 Å². The van der Waals surface area contributed by atoms with Crippen molar-refractivity contribution >= 4 is 17.8 Å². The maximum Gasteiger partial charge on any atom is 0.320 e. The van der Waals surface area contributed by atoms with Crippen molar-refractivity contribution in [1.29, 1.82) is 0 Å². The molecule has 3 aromatic rings. The number of primary amides is 1. The minimum Gasteiger partial charge on any atom is -0.391 e. The quantitative estimate of drug-likeness (QED) is 0.489. The van der Waals surface area contributed by atoms with Gasteiger partial charge in [0.15, 0.2) is 0 Å². The van der Waals surface area contributed by atoms with Crippen molar-refractivity contribution in [1.82, 2.24) is 15.1 Å². The van der Waals surface area contributed by atoms with E-state index in [2.05, 4.69) is 15.7 Å². The topological polar surface area (TPSA) is 122 Å². The fraction of sp³-hybridized carbons (Fsp3) is 0.320. The molecular weight excluding hydrogens is 418 g/mol. The van der Waals surface area contributed by atoms with E-state index in [1.54, 1.807) is 16.8 Å². The number of hydrogen-bond acceptors (Lipinski definition) is 4. The number of anilines is 1. The Morgan fingerprint density at radius 1 is 1.15 bits per heavy atom. The Kier molecular flexibility index (Phi) is 5.71. The van der Waals surface area contributed by atoms with Crippen molar-refractivity contribution < 1.29 is 14.7 Å². The number of carbonyl (C=O) groups excluding carboxylic acids is 2. The highest BCUT2D eigenvalue weighted by Gasteiger charge is 2.39. The summed E-state index contributed by atoms with van der Waals surface area (Å²) in [6.07, 6.45) is -0.371. The molecule has 0 spiro atoms. The molecule has 0 fully saturated rings. The van der Waals surface area contributed by atoms with Crippen molar-refractivity contribution in [2.24, 2.45) is 5.73 Å². The molecule has 2 aromatic carbocycles. The molecule has 4 rings (SSSR count). The predicted molar refractivity (Wildman–Crippen MR) is 127 cm³/mol. The minimum absolute atomic E-state index is 0.320. The van der Waals surface area contributed by atoms with Crippen molar-refractivity contribution in [2.45, 2.75) is 51.7 Å². The van der Waals surface area contributed by atoms with Crippen LogP contribution in [0.4, 0.5) is 10.6 Å². The molecule has 1 aliphatic rings. The summed E-state index contributed by atoms with van der Waals surface area (Å²) in [7, 11) is 0. The van der Waals surface area contributed by atoms with Crippen molar-refractivity contribution in [3.05, 3.63) is 76.5 Å². The highest BCUT2D eigenvalue weighted by molar-refractivity contribution is 5.93. The molecule has 33 heavy (non-hydrogen) atoms. The second-order valence-corrected chi connectivity index (χ2v) is 9.20. The highest BCUT2D eigenvalue weighted by atomic mass is 16.3. The molecule has 0 saturated heterocycles. The Balaban J connectivity index is 1.65. The van der Waals surface area contributed by atoms with Crippen LogP contribution in [0.15, 0.2) is 48.5 Å². The fourth-order valence-corrected chi connectivity index (χ4v) is 4.51. The largest absolute Gasteiger partial charge is 0.391 e. The smallest absolute Gasteiger partial charge is 0.320 e. The number of carbonyl (C=O) groups is 2. The number of aromatic nitrogens is 2. The SMILES string of the molecule is Cc1nn(-c2ccccc2)c(NC(=O)NC2c3cc(C(N)=O)ccc3C(C)(C)CC2O)c1C. The third-order valence-electron chi connectivity index (χ3n) is 6.38. The van der Waals surface area contributed by atoms with Crippen LogP contribution in [0.25, 0.3) is 5.69 Å². The number of urea groups is 1. The van der Waals surface area contributed by atoms with Gasteiger partial charge < -0.3 is 16.2 Å². The number of nitrogens with two attached hydrogens (primary N) is 1. The number of hydrogen-bond donors (Lipinski definition) is 4. The molecule has 2 unspecified atom stereocenters. The van der Waals surface area contributed by atoms with Crippen molar-refractivity contribution in [3.63, 3.8) is 0 Å². The number of amides is 3. The Morgan fingerprint density at radius 3 is 2.52 bits per heavy atom. The van der Waals surface area contributed by atoms with Crippen LogP contribution < -0.4 is 16.4 Å². The Hall–Kier alpha value is -3.65. The first kappa shape index (κ1) is 22.5. The number of nitrogens with zero attached hydrogens (tertiary/aromatic N) is 2. The third-order valence-corrected chi connectivity index (χ3v) is 6.38. The molecule has 0 aliphatic heterocycles. The lowest BCUT2D eigenvalue weighted by atomic mass is 9.69. The maximum absolute atomic E-state index is 13.1. The summed E-state index contributed by atoms with van der Waals surface area (Å²) in [6.45, 7) is 7.83. The van der Waals surface area contributed by atoms with E-state index in [0.29, 0.717) is 23.4 Å². The molecule has 1 aromatic heterocycles. The molecule has 0 saturated carbocycles. The summed E-state index contributed by atoms with van der Waals surface area (Å²) in [6, 6.07) is 13.6. The summed E-state index contributed by atoms with van der Waals surface area (Å²) in [5, 5.41) is 21.3. The molecule has 0 bridgehead atoms. The van der Waals surface area contributed by atoms with E-state index in [1.165, 1.54) is 0 Å². The van der Waals surface area contributed by atoms with Gasteiger partial charge in [0.1, 0.15) is 5.82 Å². The number of aliphatic hydroxyl groups excluding tert-OH is 1. The van der Waals surface area contributed by atoms with E-state index in [-0.39, 0.29) is 5.41 Å². The van der Waals surface area contributed by atoms with Crippen LogP contribution in [0.3, 0.4) is 0 Å². The average molecular weight is 448 g/mol. The molecule has 1 heterocycles. The zero-order valence-electron chi connectivity index (χ0n) is 19.2. The number of nitrogens with one attached hydrogen (secondary N) is 2. The molecule has 8 nitrogen and oxygen atoms in total. The van der Waals surface area contributed by atoms with E-state index in [0.717, 1.165) is 22.5 Å². The van der Waals surface area contributed by atoms with Gasteiger partial charge in [-0.05, 0) is 61.1 Å². The van der Waals surface area contributed by atoms with E-state index in [9.17, 15) is 14.7 Å². The molecule has 2 atom stereocenters. The fourth-order valence-electron chi connectivity index (χ4n) is 4.51. The second-order valence-electron chi connectivity index (χ2n) is 9.20. The number of para-hydroxylation sites is 1. The molecule has 0 radical (unpaired) electrons. The lowest BCUT2D eigenvalue weighted by Crippen LogP contribution is -2.45. The van der Waals surface area contributed by atoms with Gasteiger partial charge in [0.25, 0.3) is 0 Å². The lowest BCUT2D eigenvalue weighted by molar-refractivity contribution is 0.0879. The van der Waals surface area contributed by atoms with Gasteiger partial charge in [0, 0.05) is 11.1 Å². The third kappa shape index (κ3) is 4.21. The van der Waals surface area contributed by atoms with Gasteiger partial charge in [-0.25, -0.2) is 9.48 Å². The van der Waals surface area contributed by atoms with Crippen LogP contribution >= 0.6 is 0 Å². The standard InChI is InChI=1S/C25H29N5O3/c1-14-15(2)29-30(17-8-6-5-7-9-17)23(14)28-24(33)27-21-18-12-16(22(26)32)10-11-19(18)25(3,4)13-20(21)31/h5-12,20-21,31H,13H2,1-4H3,(H2,26,32)(H2,27,28,33). The first-order chi connectivity index (χ1) is 15.6. The van der Waals surface area contributed by atoms with Crippen LogP contribution in [0.5, 0.6) is 0 Å². The van der Waals surface area contributed by atoms with E-state index >= 15 is 0 Å². The molecular formula is C25H29N5O3. The molecule has 8 heteroatoms. The summed E-state index contributed by atoms with van der Waals surface area (Å²) >= 11 is 0. The summed E-state index contributed by atoms with van der Waals surface area (Å²) < 4.78 is 1.68. The van der Waals surface area contributed by atoms with Crippen LogP contribution in [0, 0.1) is 13.8 Å².